The van der Waals surface area contributed by atoms with Crippen LogP contribution in [0.15, 0.2) is 57.6 Å². The minimum atomic E-state index is -3.11. The lowest BCUT2D eigenvalue weighted by atomic mass is 10.0. The van der Waals surface area contributed by atoms with Crippen LogP contribution in [0, 0.1) is 0 Å². The van der Waals surface area contributed by atoms with Crippen LogP contribution in [-0.2, 0) is 27.6 Å². The largest absolute Gasteiger partial charge is 0.464 e. The average molecular weight is 504 g/mol. The molecule has 2 heterocycles. The van der Waals surface area contributed by atoms with Crippen LogP contribution >= 0.6 is 15.9 Å². The number of fused-ring (bicyclic) bond motifs is 1. The molecule has 5 nitrogen and oxygen atoms in total. The van der Waals surface area contributed by atoms with Crippen LogP contribution in [0.3, 0.4) is 0 Å². The molecule has 0 bridgehead atoms. The highest BCUT2D eigenvalue weighted by Gasteiger charge is 2.35. The summed E-state index contributed by atoms with van der Waals surface area (Å²) in [6.07, 6.45) is 2.27. The first-order valence-corrected chi connectivity index (χ1v) is 13.1. The Balaban J connectivity index is 1.60. The lowest BCUT2D eigenvalue weighted by molar-refractivity contribution is -0.133. The van der Waals surface area contributed by atoms with Gasteiger partial charge in [0, 0.05) is 28.0 Å². The Morgan fingerprint density at radius 1 is 1.19 bits per heavy atom. The fourth-order valence-electron chi connectivity index (χ4n) is 4.10. The molecule has 0 radical (unpaired) electrons. The first kappa shape index (κ1) is 22.1. The molecular formula is C24H26BrNO4S. The predicted octanol–water partition coefficient (Wildman–Crippen LogP) is 5.08. The third-order valence-electron chi connectivity index (χ3n) is 5.93. The maximum atomic E-state index is 13.4. The van der Waals surface area contributed by atoms with E-state index in [2.05, 4.69) is 41.9 Å². The normalized spacial score (nSPS) is 18.0. The maximum Gasteiger partial charge on any atom is 0.227 e. The predicted molar refractivity (Wildman–Crippen MR) is 126 cm³/mol. The van der Waals surface area contributed by atoms with Crippen LogP contribution in [0.4, 0.5) is 0 Å². The molecule has 1 atom stereocenters. The Morgan fingerprint density at radius 2 is 1.94 bits per heavy atom. The van der Waals surface area contributed by atoms with E-state index >= 15 is 0 Å². The summed E-state index contributed by atoms with van der Waals surface area (Å²) in [6.45, 7) is 4.68. The van der Waals surface area contributed by atoms with E-state index in [1.807, 2.05) is 30.3 Å². The highest BCUT2D eigenvalue weighted by Crippen LogP contribution is 2.27. The monoisotopic (exact) mass is 503 g/mol. The highest BCUT2D eigenvalue weighted by atomic mass is 79.9. The van der Waals surface area contributed by atoms with Gasteiger partial charge in [-0.05, 0) is 41.7 Å². The number of halogens is 1. The van der Waals surface area contributed by atoms with Gasteiger partial charge in [-0.25, -0.2) is 8.42 Å². The minimum Gasteiger partial charge on any atom is -0.464 e. The average Bonchev–Trinajstić information content (AvgIpc) is 3.28. The molecule has 1 aliphatic rings. The second kappa shape index (κ2) is 8.79. The highest BCUT2D eigenvalue weighted by molar-refractivity contribution is 9.10. The lowest BCUT2D eigenvalue weighted by Gasteiger charge is -2.28. The molecule has 2 aromatic carbocycles. The van der Waals surface area contributed by atoms with E-state index in [4.69, 9.17) is 4.42 Å². The molecule has 0 saturated carbocycles. The summed E-state index contributed by atoms with van der Waals surface area (Å²) in [6, 6.07) is 13.6. The molecule has 7 heteroatoms. The van der Waals surface area contributed by atoms with E-state index in [-0.39, 0.29) is 29.9 Å². The molecule has 164 valence electrons. The van der Waals surface area contributed by atoms with Gasteiger partial charge < -0.3 is 9.32 Å². The van der Waals surface area contributed by atoms with E-state index in [0.29, 0.717) is 18.9 Å². The van der Waals surface area contributed by atoms with Gasteiger partial charge >= 0.3 is 0 Å². The summed E-state index contributed by atoms with van der Waals surface area (Å²) in [5.41, 5.74) is 3.77. The van der Waals surface area contributed by atoms with Crippen molar-refractivity contribution in [1.82, 2.24) is 4.90 Å². The van der Waals surface area contributed by atoms with Crippen LogP contribution < -0.4 is 0 Å². The molecule has 1 saturated heterocycles. The van der Waals surface area contributed by atoms with Crippen molar-refractivity contribution in [3.8, 4) is 0 Å². The molecule has 31 heavy (non-hydrogen) atoms. The van der Waals surface area contributed by atoms with Crippen molar-refractivity contribution < 1.29 is 17.6 Å². The summed E-state index contributed by atoms with van der Waals surface area (Å²) in [5, 5.41) is 0.892. The third-order valence-corrected chi connectivity index (χ3v) is 8.17. The first-order chi connectivity index (χ1) is 14.7. The SMILES string of the molecule is CC(C)c1ccc(CN(C(=O)Cc2coc3ccc(Br)cc23)C2CCS(=O)(=O)C2)cc1. The number of nitrogens with zero attached hydrogens (tertiary/aromatic N) is 1. The van der Waals surface area contributed by atoms with Gasteiger partial charge in [0.05, 0.1) is 24.2 Å². The van der Waals surface area contributed by atoms with Crippen LogP contribution in [-0.4, -0.2) is 36.8 Å². The molecule has 1 fully saturated rings. The van der Waals surface area contributed by atoms with Crippen molar-refractivity contribution in [2.45, 2.75) is 45.2 Å². The Bertz CT molecular complexity index is 1200. The van der Waals surface area contributed by atoms with E-state index in [1.54, 1.807) is 11.2 Å². The Labute approximate surface area is 191 Å². The number of amides is 1. The molecule has 1 aliphatic heterocycles. The zero-order valence-electron chi connectivity index (χ0n) is 17.7. The van der Waals surface area contributed by atoms with Crippen molar-refractivity contribution in [3.63, 3.8) is 0 Å². The fraction of sp³-hybridized carbons (Fsp3) is 0.375. The smallest absolute Gasteiger partial charge is 0.227 e. The number of hydrogen-bond acceptors (Lipinski definition) is 4. The molecule has 0 N–H and O–H groups in total. The number of carbonyl (C=O) groups excluding carboxylic acids is 1. The minimum absolute atomic E-state index is 0.0283. The molecule has 0 aliphatic carbocycles. The number of furan rings is 1. The standard InChI is InChI=1S/C24H26BrNO4S/c1-16(2)18-5-3-17(4-6-18)13-26(21-9-10-31(28,29)15-21)24(27)11-19-14-30-23-8-7-20(25)12-22(19)23/h3-8,12,14,16,21H,9-11,13,15H2,1-2H3. The maximum absolute atomic E-state index is 13.4. The molecule has 0 spiro atoms. The van der Waals surface area contributed by atoms with E-state index in [9.17, 15) is 13.2 Å². The van der Waals surface area contributed by atoms with Gasteiger partial charge in [0.2, 0.25) is 5.91 Å². The Morgan fingerprint density at radius 3 is 2.58 bits per heavy atom. The number of rotatable bonds is 6. The van der Waals surface area contributed by atoms with Gasteiger partial charge in [-0.1, -0.05) is 54.0 Å². The van der Waals surface area contributed by atoms with E-state index in [1.165, 1.54) is 5.56 Å². The fourth-order valence-corrected chi connectivity index (χ4v) is 6.19. The zero-order chi connectivity index (χ0) is 22.2. The van der Waals surface area contributed by atoms with Crippen LogP contribution in [0.25, 0.3) is 11.0 Å². The van der Waals surface area contributed by atoms with Crippen LogP contribution in [0.1, 0.15) is 42.9 Å². The zero-order valence-corrected chi connectivity index (χ0v) is 20.1. The quantitative estimate of drug-likeness (QED) is 0.470. The van der Waals surface area contributed by atoms with Crippen molar-refractivity contribution in [3.05, 3.63) is 69.9 Å². The van der Waals surface area contributed by atoms with E-state index < -0.39 is 9.84 Å². The topological polar surface area (TPSA) is 67.6 Å². The van der Waals surface area contributed by atoms with Crippen LogP contribution in [0.2, 0.25) is 0 Å². The number of sulfone groups is 1. The summed E-state index contributed by atoms with van der Waals surface area (Å²) in [4.78, 5) is 15.1. The van der Waals surface area contributed by atoms with Gasteiger partial charge in [-0.15, -0.1) is 0 Å². The summed E-state index contributed by atoms with van der Waals surface area (Å²) < 4.78 is 30.7. The molecule has 4 rings (SSSR count). The molecule has 1 amide bonds. The van der Waals surface area contributed by atoms with Gasteiger partial charge in [-0.2, -0.15) is 0 Å². The van der Waals surface area contributed by atoms with Crippen molar-refractivity contribution >= 4 is 42.6 Å². The number of carbonyl (C=O) groups is 1. The van der Waals surface area contributed by atoms with Gasteiger partial charge in [-0.3, -0.25) is 4.79 Å². The second-order valence-electron chi connectivity index (χ2n) is 8.55. The van der Waals surface area contributed by atoms with Crippen molar-refractivity contribution in [2.75, 3.05) is 11.5 Å². The van der Waals surface area contributed by atoms with Gasteiger partial charge in [0.1, 0.15) is 5.58 Å². The third kappa shape index (κ3) is 5.04. The Kier molecular flexibility index (Phi) is 6.26. The second-order valence-corrected chi connectivity index (χ2v) is 11.7. The molecule has 1 aromatic heterocycles. The van der Waals surface area contributed by atoms with Gasteiger partial charge in [0.25, 0.3) is 0 Å². The summed E-state index contributed by atoms with van der Waals surface area (Å²) in [7, 11) is -3.11. The van der Waals surface area contributed by atoms with Crippen molar-refractivity contribution in [1.29, 1.82) is 0 Å². The lowest BCUT2D eigenvalue weighted by Crippen LogP contribution is -2.41. The summed E-state index contributed by atoms with van der Waals surface area (Å²) in [5.74, 6) is 0.508. The van der Waals surface area contributed by atoms with Crippen molar-refractivity contribution in [2.24, 2.45) is 0 Å². The van der Waals surface area contributed by atoms with Gasteiger partial charge in [0.15, 0.2) is 9.84 Å². The molecule has 1 unspecified atom stereocenters. The number of hydrogen-bond donors (Lipinski definition) is 0. The Hall–Kier alpha value is -2.12. The van der Waals surface area contributed by atoms with Crippen LogP contribution in [0.5, 0.6) is 0 Å². The van der Waals surface area contributed by atoms with E-state index in [0.717, 1.165) is 26.6 Å². The number of benzene rings is 2. The summed E-state index contributed by atoms with van der Waals surface area (Å²) >= 11 is 3.47. The molecular weight excluding hydrogens is 478 g/mol. The molecule has 3 aromatic rings. The first-order valence-electron chi connectivity index (χ1n) is 10.5.